The van der Waals surface area contributed by atoms with Crippen LogP contribution in [-0.4, -0.2) is 31.6 Å². The minimum Gasteiger partial charge on any atom is -0.311 e. The highest BCUT2D eigenvalue weighted by atomic mass is 35.5. The van der Waals surface area contributed by atoms with Gasteiger partial charge in [-0.05, 0) is 52.2 Å². The van der Waals surface area contributed by atoms with Crippen molar-refractivity contribution in [2.75, 3.05) is 21.1 Å². The van der Waals surface area contributed by atoms with E-state index in [9.17, 15) is 0 Å². The van der Waals surface area contributed by atoms with Crippen molar-refractivity contribution < 1.29 is 0 Å². The molecule has 0 aliphatic rings. The predicted molar refractivity (Wildman–Crippen MR) is 75.6 cm³/mol. The van der Waals surface area contributed by atoms with Crippen LogP contribution in [0.2, 0.25) is 5.02 Å². The molecule has 2 unspecified atom stereocenters. The Morgan fingerprint density at radius 3 is 2.47 bits per heavy atom. The fourth-order valence-electron chi connectivity index (χ4n) is 2.30. The van der Waals surface area contributed by atoms with Crippen LogP contribution >= 0.6 is 11.6 Å². The summed E-state index contributed by atoms with van der Waals surface area (Å²) in [6, 6.07) is 8.36. The van der Waals surface area contributed by atoms with Gasteiger partial charge in [0.25, 0.3) is 0 Å². The number of nitrogens with zero attached hydrogens (tertiary/aromatic N) is 1. The van der Waals surface area contributed by atoms with Gasteiger partial charge in [-0.1, -0.05) is 30.7 Å². The van der Waals surface area contributed by atoms with E-state index in [1.807, 2.05) is 25.2 Å². The van der Waals surface area contributed by atoms with E-state index in [1.54, 1.807) is 0 Å². The second-order valence-corrected chi connectivity index (χ2v) is 5.32. The number of halogens is 1. The first-order valence-electron chi connectivity index (χ1n) is 6.06. The molecule has 0 amide bonds. The van der Waals surface area contributed by atoms with E-state index in [2.05, 4.69) is 44.2 Å². The molecule has 1 N–H and O–H groups in total. The van der Waals surface area contributed by atoms with Gasteiger partial charge in [0.2, 0.25) is 0 Å². The van der Waals surface area contributed by atoms with Gasteiger partial charge in [0.1, 0.15) is 0 Å². The molecule has 0 saturated carbocycles. The van der Waals surface area contributed by atoms with Crippen molar-refractivity contribution in [1.29, 1.82) is 0 Å². The lowest BCUT2D eigenvalue weighted by atomic mass is 9.83. The molecule has 0 aromatic heterocycles. The monoisotopic (exact) mass is 254 g/mol. The molecule has 2 atom stereocenters. The van der Waals surface area contributed by atoms with Gasteiger partial charge >= 0.3 is 0 Å². The lowest BCUT2D eigenvalue weighted by Gasteiger charge is -2.43. The van der Waals surface area contributed by atoms with E-state index in [0.29, 0.717) is 0 Å². The lowest BCUT2D eigenvalue weighted by molar-refractivity contribution is 0.117. The van der Waals surface area contributed by atoms with Gasteiger partial charge in [-0.15, -0.1) is 0 Å². The van der Waals surface area contributed by atoms with Crippen molar-refractivity contribution in [3.63, 3.8) is 0 Å². The highest BCUT2D eigenvalue weighted by Gasteiger charge is 2.34. The molecule has 0 fully saturated rings. The smallest absolute Gasteiger partial charge is 0.0502 e. The zero-order chi connectivity index (χ0) is 13.1. The van der Waals surface area contributed by atoms with E-state index >= 15 is 0 Å². The molecular formula is C14H23ClN2. The Kier molecular flexibility index (Phi) is 4.99. The summed E-state index contributed by atoms with van der Waals surface area (Å²) in [4.78, 5) is 2.27. The van der Waals surface area contributed by atoms with Crippen LogP contribution in [0.3, 0.4) is 0 Å². The molecule has 0 saturated heterocycles. The molecule has 0 spiro atoms. The van der Waals surface area contributed by atoms with Gasteiger partial charge in [-0.2, -0.15) is 0 Å². The zero-order valence-electron chi connectivity index (χ0n) is 11.4. The van der Waals surface area contributed by atoms with Crippen LogP contribution in [0, 0.1) is 0 Å². The van der Waals surface area contributed by atoms with Crippen molar-refractivity contribution in [2.45, 2.75) is 31.8 Å². The standard InChI is InChI=1S/C14H23ClN2/c1-6-14(2,17(4)5)13(16-3)11-8-7-9-12(15)10-11/h7-10,13,16H,6H2,1-5H3. The maximum absolute atomic E-state index is 6.08. The van der Waals surface area contributed by atoms with Crippen molar-refractivity contribution in [3.8, 4) is 0 Å². The normalized spacial score (nSPS) is 16.9. The number of likely N-dealkylation sites (N-methyl/N-ethyl adjacent to an activating group) is 2. The fraction of sp³-hybridized carbons (Fsp3) is 0.571. The predicted octanol–water partition coefficient (Wildman–Crippen LogP) is 3.33. The lowest BCUT2D eigenvalue weighted by Crippen LogP contribution is -2.50. The third-order valence-electron chi connectivity index (χ3n) is 3.83. The molecule has 0 aliphatic heterocycles. The molecule has 1 rings (SSSR count). The maximum atomic E-state index is 6.08. The Bertz CT molecular complexity index is 365. The Labute approximate surface area is 110 Å². The minimum absolute atomic E-state index is 0.0689. The molecule has 0 bridgehead atoms. The summed E-state index contributed by atoms with van der Waals surface area (Å²) < 4.78 is 0. The summed E-state index contributed by atoms with van der Waals surface area (Å²) in [6.45, 7) is 4.49. The molecule has 0 aliphatic carbocycles. The first-order chi connectivity index (χ1) is 7.95. The molecular weight excluding hydrogens is 232 g/mol. The number of hydrogen-bond acceptors (Lipinski definition) is 2. The number of rotatable bonds is 5. The summed E-state index contributed by atoms with van der Waals surface area (Å²) >= 11 is 6.08. The quantitative estimate of drug-likeness (QED) is 0.867. The molecule has 2 nitrogen and oxygen atoms in total. The Hall–Kier alpha value is -0.570. The fourth-order valence-corrected chi connectivity index (χ4v) is 2.50. The first-order valence-corrected chi connectivity index (χ1v) is 6.43. The molecule has 1 aromatic carbocycles. The number of benzene rings is 1. The zero-order valence-corrected chi connectivity index (χ0v) is 12.2. The average molecular weight is 255 g/mol. The average Bonchev–Trinajstić information content (AvgIpc) is 2.29. The molecule has 0 radical (unpaired) electrons. The summed E-state index contributed by atoms with van der Waals surface area (Å²) in [7, 11) is 6.25. The molecule has 0 heterocycles. The highest BCUT2D eigenvalue weighted by Crippen LogP contribution is 2.33. The first kappa shape index (κ1) is 14.5. The summed E-state index contributed by atoms with van der Waals surface area (Å²) in [5, 5.41) is 4.21. The minimum atomic E-state index is 0.0689. The molecule has 96 valence electrons. The van der Waals surface area contributed by atoms with Crippen LogP contribution in [0.5, 0.6) is 0 Å². The van der Waals surface area contributed by atoms with Crippen LogP contribution in [0.25, 0.3) is 0 Å². The maximum Gasteiger partial charge on any atom is 0.0502 e. The van der Waals surface area contributed by atoms with Crippen molar-refractivity contribution in [1.82, 2.24) is 10.2 Å². The van der Waals surface area contributed by atoms with Gasteiger partial charge in [0, 0.05) is 10.6 Å². The third-order valence-corrected chi connectivity index (χ3v) is 4.07. The van der Waals surface area contributed by atoms with Crippen LogP contribution in [0.4, 0.5) is 0 Å². The summed E-state index contributed by atoms with van der Waals surface area (Å²) in [5.74, 6) is 0. The Morgan fingerprint density at radius 2 is 2.06 bits per heavy atom. The van der Waals surface area contributed by atoms with E-state index in [-0.39, 0.29) is 11.6 Å². The number of nitrogens with one attached hydrogen (secondary N) is 1. The topological polar surface area (TPSA) is 15.3 Å². The van der Waals surface area contributed by atoms with E-state index < -0.39 is 0 Å². The van der Waals surface area contributed by atoms with Gasteiger partial charge in [-0.3, -0.25) is 0 Å². The second kappa shape index (κ2) is 5.85. The SMILES string of the molecule is CCC(C)(C(NC)c1cccc(Cl)c1)N(C)C. The highest BCUT2D eigenvalue weighted by molar-refractivity contribution is 6.30. The van der Waals surface area contributed by atoms with E-state index in [0.717, 1.165) is 11.4 Å². The summed E-state index contributed by atoms with van der Waals surface area (Å²) in [5.41, 5.74) is 1.30. The van der Waals surface area contributed by atoms with Gasteiger partial charge in [0.05, 0.1) is 6.04 Å². The Balaban J connectivity index is 3.14. The van der Waals surface area contributed by atoms with Crippen LogP contribution in [0.1, 0.15) is 31.9 Å². The van der Waals surface area contributed by atoms with Crippen molar-refractivity contribution in [2.24, 2.45) is 0 Å². The third kappa shape index (κ3) is 3.01. The number of hydrogen-bond donors (Lipinski definition) is 1. The van der Waals surface area contributed by atoms with Crippen LogP contribution in [0.15, 0.2) is 24.3 Å². The van der Waals surface area contributed by atoms with E-state index in [1.165, 1.54) is 5.56 Å². The molecule has 17 heavy (non-hydrogen) atoms. The second-order valence-electron chi connectivity index (χ2n) is 4.88. The van der Waals surface area contributed by atoms with Crippen LogP contribution in [-0.2, 0) is 0 Å². The van der Waals surface area contributed by atoms with Crippen molar-refractivity contribution >= 4 is 11.6 Å². The van der Waals surface area contributed by atoms with Gasteiger partial charge in [0.15, 0.2) is 0 Å². The largest absolute Gasteiger partial charge is 0.311 e. The Morgan fingerprint density at radius 1 is 1.41 bits per heavy atom. The van der Waals surface area contributed by atoms with Gasteiger partial charge < -0.3 is 10.2 Å². The molecule has 1 aromatic rings. The molecule has 3 heteroatoms. The van der Waals surface area contributed by atoms with E-state index in [4.69, 9.17) is 11.6 Å². The van der Waals surface area contributed by atoms with Crippen molar-refractivity contribution in [3.05, 3.63) is 34.9 Å². The summed E-state index contributed by atoms with van der Waals surface area (Å²) in [6.07, 6.45) is 1.07. The van der Waals surface area contributed by atoms with Gasteiger partial charge in [-0.25, -0.2) is 0 Å². The van der Waals surface area contributed by atoms with Crippen LogP contribution < -0.4 is 5.32 Å².